The highest BCUT2D eigenvalue weighted by atomic mass is 16.3. The number of benzene rings is 1. The van der Waals surface area contributed by atoms with E-state index in [0.29, 0.717) is 24.4 Å². The molecule has 144 valence electrons. The summed E-state index contributed by atoms with van der Waals surface area (Å²) in [7, 11) is 0. The van der Waals surface area contributed by atoms with Crippen LogP contribution >= 0.6 is 0 Å². The number of aryl methyl sites for hydroxylation is 1. The second kappa shape index (κ2) is 7.84. The number of carbonyl (C=O) groups is 1. The standard InChI is InChI=1S/C21H27N3O3/c1-16-18(7-12-27-16)21(26)24-14-19(20(25)15-24)23-10-8-22(9-11-23)13-17-5-3-2-4-6-17/h2-7,12,19-20,25H,8-11,13-15H2,1H3/t19-,20-/m0/s1. The highest BCUT2D eigenvalue weighted by Gasteiger charge is 2.39. The number of aliphatic hydroxyl groups excluding tert-OH is 1. The van der Waals surface area contributed by atoms with E-state index in [1.165, 1.54) is 5.56 Å². The minimum absolute atomic E-state index is 0.0139. The second-order valence-corrected chi connectivity index (χ2v) is 7.53. The van der Waals surface area contributed by atoms with Crippen LogP contribution in [0, 0.1) is 6.92 Å². The lowest BCUT2D eigenvalue weighted by atomic mass is 10.1. The van der Waals surface area contributed by atoms with Gasteiger partial charge in [0.25, 0.3) is 5.91 Å². The molecule has 0 spiro atoms. The Kier molecular flexibility index (Phi) is 5.29. The molecular formula is C21H27N3O3. The molecule has 0 bridgehead atoms. The zero-order chi connectivity index (χ0) is 18.8. The fourth-order valence-corrected chi connectivity index (χ4v) is 4.17. The number of likely N-dealkylation sites (tertiary alicyclic amines) is 1. The smallest absolute Gasteiger partial charge is 0.257 e. The van der Waals surface area contributed by atoms with Gasteiger partial charge < -0.3 is 14.4 Å². The van der Waals surface area contributed by atoms with Crippen LogP contribution in [-0.2, 0) is 6.54 Å². The Balaban J connectivity index is 1.32. The summed E-state index contributed by atoms with van der Waals surface area (Å²) in [4.78, 5) is 19.2. The van der Waals surface area contributed by atoms with Gasteiger partial charge in [0.15, 0.2) is 0 Å². The monoisotopic (exact) mass is 369 g/mol. The molecule has 0 unspecified atom stereocenters. The SMILES string of the molecule is Cc1occc1C(=O)N1C[C@H](O)[C@@H](N2CCN(Cc3ccccc3)CC2)C1. The van der Waals surface area contributed by atoms with Gasteiger partial charge in [0.05, 0.1) is 24.0 Å². The lowest BCUT2D eigenvalue weighted by molar-refractivity contribution is 0.0423. The van der Waals surface area contributed by atoms with Crippen molar-refractivity contribution < 1.29 is 14.3 Å². The second-order valence-electron chi connectivity index (χ2n) is 7.53. The fourth-order valence-electron chi connectivity index (χ4n) is 4.17. The summed E-state index contributed by atoms with van der Waals surface area (Å²) in [5.41, 5.74) is 1.93. The molecule has 2 saturated heterocycles. The number of furan rings is 1. The zero-order valence-corrected chi connectivity index (χ0v) is 15.8. The van der Waals surface area contributed by atoms with Crippen molar-refractivity contribution >= 4 is 5.91 Å². The van der Waals surface area contributed by atoms with Crippen LogP contribution in [0.3, 0.4) is 0 Å². The molecule has 1 amide bonds. The van der Waals surface area contributed by atoms with Crippen molar-refractivity contribution in [1.82, 2.24) is 14.7 Å². The molecule has 0 saturated carbocycles. The topological polar surface area (TPSA) is 60.2 Å². The predicted molar refractivity (Wildman–Crippen MR) is 102 cm³/mol. The van der Waals surface area contributed by atoms with Crippen molar-refractivity contribution in [2.24, 2.45) is 0 Å². The number of hydrogen-bond donors (Lipinski definition) is 1. The Morgan fingerprint density at radius 2 is 1.85 bits per heavy atom. The number of β-amino-alcohol motifs (C(OH)–C–C–N with tert-alkyl or cyclic N) is 1. The summed E-state index contributed by atoms with van der Waals surface area (Å²) in [6.07, 6.45) is 1.04. The largest absolute Gasteiger partial charge is 0.469 e. The highest BCUT2D eigenvalue weighted by molar-refractivity contribution is 5.95. The predicted octanol–water partition coefficient (Wildman–Crippen LogP) is 1.59. The van der Waals surface area contributed by atoms with Gasteiger partial charge in [-0.25, -0.2) is 0 Å². The molecule has 0 aliphatic carbocycles. The van der Waals surface area contributed by atoms with Crippen LogP contribution in [0.4, 0.5) is 0 Å². The van der Waals surface area contributed by atoms with Crippen LogP contribution in [-0.4, -0.2) is 77.1 Å². The minimum Gasteiger partial charge on any atom is -0.469 e. The lowest BCUT2D eigenvalue weighted by Gasteiger charge is -2.38. The van der Waals surface area contributed by atoms with Crippen molar-refractivity contribution in [2.45, 2.75) is 25.6 Å². The normalized spacial score (nSPS) is 24.4. The van der Waals surface area contributed by atoms with Gasteiger partial charge in [0.1, 0.15) is 5.76 Å². The summed E-state index contributed by atoms with van der Waals surface area (Å²) < 4.78 is 5.25. The summed E-state index contributed by atoms with van der Waals surface area (Å²) in [6, 6.07) is 12.2. The molecule has 2 fully saturated rings. The third-order valence-corrected chi connectivity index (χ3v) is 5.76. The molecule has 0 radical (unpaired) electrons. The molecular weight excluding hydrogens is 342 g/mol. The number of aliphatic hydroxyl groups is 1. The van der Waals surface area contributed by atoms with E-state index in [1.807, 2.05) is 6.07 Å². The minimum atomic E-state index is -0.498. The molecule has 2 aliphatic rings. The average Bonchev–Trinajstić information content (AvgIpc) is 3.28. The van der Waals surface area contributed by atoms with E-state index in [1.54, 1.807) is 24.2 Å². The molecule has 27 heavy (non-hydrogen) atoms. The molecule has 1 aromatic carbocycles. The van der Waals surface area contributed by atoms with E-state index < -0.39 is 6.10 Å². The summed E-state index contributed by atoms with van der Waals surface area (Å²) in [6.45, 7) is 7.51. The van der Waals surface area contributed by atoms with Crippen molar-refractivity contribution in [3.05, 3.63) is 59.5 Å². The lowest BCUT2D eigenvalue weighted by Crippen LogP contribution is -2.53. The van der Waals surface area contributed by atoms with Gasteiger partial charge >= 0.3 is 0 Å². The van der Waals surface area contributed by atoms with E-state index in [9.17, 15) is 9.90 Å². The molecule has 2 aromatic rings. The Hall–Kier alpha value is -2.15. The van der Waals surface area contributed by atoms with E-state index in [-0.39, 0.29) is 11.9 Å². The zero-order valence-electron chi connectivity index (χ0n) is 15.8. The maximum atomic E-state index is 12.7. The molecule has 3 heterocycles. The van der Waals surface area contributed by atoms with Gasteiger partial charge in [0.2, 0.25) is 0 Å². The summed E-state index contributed by atoms with van der Waals surface area (Å²) in [5, 5.41) is 10.6. The van der Waals surface area contributed by atoms with Crippen molar-refractivity contribution in [2.75, 3.05) is 39.3 Å². The van der Waals surface area contributed by atoms with Gasteiger partial charge in [-0.15, -0.1) is 0 Å². The van der Waals surface area contributed by atoms with Gasteiger partial charge in [0, 0.05) is 45.8 Å². The van der Waals surface area contributed by atoms with E-state index in [2.05, 4.69) is 34.1 Å². The average molecular weight is 369 g/mol. The van der Waals surface area contributed by atoms with E-state index >= 15 is 0 Å². The highest BCUT2D eigenvalue weighted by Crippen LogP contribution is 2.22. The summed E-state index contributed by atoms with van der Waals surface area (Å²) >= 11 is 0. The van der Waals surface area contributed by atoms with Crippen LogP contribution < -0.4 is 0 Å². The van der Waals surface area contributed by atoms with Crippen LogP contribution in [0.25, 0.3) is 0 Å². The van der Waals surface area contributed by atoms with Crippen LogP contribution in [0.1, 0.15) is 21.7 Å². The maximum Gasteiger partial charge on any atom is 0.257 e. The number of amides is 1. The number of nitrogens with zero attached hydrogens (tertiary/aromatic N) is 3. The fraction of sp³-hybridized carbons (Fsp3) is 0.476. The van der Waals surface area contributed by atoms with Crippen LogP contribution in [0.2, 0.25) is 0 Å². The molecule has 2 aliphatic heterocycles. The molecule has 1 aromatic heterocycles. The van der Waals surface area contributed by atoms with Crippen molar-refractivity contribution in [1.29, 1.82) is 0 Å². The van der Waals surface area contributed by atoms with Gasteiger partial charge in [-0.2, -0.15) is 0 Å². The number of hydrogen-bond acceptors (Lipinski definition) is 5. The molecule has 1 N–H and O–H groups in total. The first kappa shape index (κ1) is 18.2. The maximum absolute atomic E-state index is 12.7. The first-order chi connectivity index (χ1) is 13.1. The number of piperazine rings is 1. The first-order valence-corrected chi connectivity index (χ1v) is 9.63. The number of carbonyl (C=O) groups excluding carboxylic acids is 1. The molecule has 6 nitrogen and oxygen atoms in total. The van der Waals surface area contributed by atoms with Crippen LogP contribution in [0.5, 0.6) is 0 Å². The van der Waals surface area contributed by atoms with Crippen molar-refractivity contribution in [3.63, 3.8) is 0 Å². The Morgan fingerprint density at radius 1 is 1.11 bits per heavy atom. The first-order valence-electron chi connectivity index (χ1n) is 9.63. The Labute approximate surface area is 160 Å². The van der Waals surface area contributed by atoms with Gasteiger partial charge in [-0.3, -0.25) is 14.6 Å². The quantitative estimate of drug-likeness (QED) is 0.887. The van der Waals surface area contributed by atoms with Gasteiger partial charge in [-0.1, -0.05) is 30.3 Å². The third kappa shape index (κ3) is 3.93. The summed E-state index contributed by atoms with van der Waals surface area (Å²) in [5.74, 6) is 0.581. The molecule has 6 heteroatoms. The van der Waals surface area contributed by atoms with Gasteiger partial charge in [-0.05, 0) is 18.6 Å². The molecule has 4 rings (SSSR count). The van der Waals surface area contributed by atoms with E-state index in [4.69, 9.17) is 4.42 Å². The van der Waals surface area contributed by atoms with Crippen molar-refractivity contribution in [3.8, 4) is 0 Å². The van der Waals surface area contributed by atoms with E-state index in [0.717, 1.165) is 32.7 Å². The van der Waals surface area contributed by atoms with Crippen LogP contribution in [0.15, 0.2) is 47.1 Å². The number of rotatable bonds is 4. The Bertz CT molecular complexity index is 768. The Morgan fingerprint density at radius 3 is 2.52 bits per heavy atom. The molecule has 2 atom stereocenters. The third-order valence-electron chi connectivity index (χ3n) is 5.76.